The van der Waals surface area contributed by atoms with Gasteiger partial charge in [0.15, 0.2) is 5.03 Å². The van der Waals surface area contributed by atoms with E-state index in [0.29, 0.717) is 0 Å². The zero-order valence-electron chi connectivity index (χ0n) is 17.8. The lowest BCUT2D eigenvalue weighted by molar-refractivity contribution is -0.137. The molecule has 7 nitrogen and oxygen atoms in total. The van der Waals surface area contributed by atoms with Crippen molar-refractivity contribution in [2.45, 2.75) is 23.2 Å². The summed E-state index contributed by atoms with van der Waals surface area (Å²) in [5, 5.41) is 5.90. The predicted molar refractivity (Wildman–Crippen MR) is 119 cm³/mol. The van der Waals surface area contributed by atoms with Crippen LogP contribution >= 0.6 is 11.6 Å². The summed E-state index contributed by atoms with van der Waals surface area (Å²) in [6.45, 7) is -0.00576. The number of aromatic nitrogens is 2. The van der Waals surface area contributed by atoms with E-state index in [0.717, 1.165) is 17.7 Å². The standard InChI is InChI=1S/C22H20ClF3N4O3S/c1-29-19(10-11-27-29)34(32,33)30-12-16(14-6-3-2-4-7-14)18(13-30)28-21(31)15-8-5-9-17(20(15)23)22(24,25)26/h2-11,16,18H,12-13H2,1H3,(H,28,31). The Morgan fingerprint density at radius 2 is 1.79 bits per heavy atom. The highest BCUT2D eigenvalue weighted by Crippen LogP contribution is 2.37. The van der Waals surface area contributed by atoms with E-state index in [-0.39, 0.29) is 23.7 Å². The highest BCUT2D eigenvalue weighted by Gasteiger charge is 2.42. The molecule has 0 aliphatic carbocycles. The first-order valence-corrected chi connectivity index (χ1v) is 12.0. The van der Waals surface area contributed by atoms with Crippen molar-refractivity contribution in [2.24, 2.45) is 7.05 Å². The van der Waals surface area contributed by atoms with Gasteiger partial charge in [-0.3, -0.25) is 9.48 Å². The molecule has 2 heterocycles. The molecule has 0 spiro atoms. The first-order chi connectivity index (χ1) is 16.0. The third kappa shape index (κ3) is 4.55. The number of amides is 1. The number of hydrogen-bond acceptors (Lipinski definition) is 4. The molecule has 1 N–H and O–H groups in total. The summed E-state index contributed by atoms with van der Waals surface area (Å²) in [7, 11) is -2.42. The fraction of sp³-hybridized carbons (Fsp3) is 0.273. The lowest BCUT2D eigenvalue weighted by atomic mass is 9.94. The van der Waals surface area contributed by atoms with Crippen LogP contribution in [0.4, 0.5) is 13.2 Å². The minimum absolute atomic E-state index is 0.00721. The SMILES string of the molecule is Cn1nccc1S(=O)(=O)N1CC(NC(=O)c2cccc(C(F)(F)F)c2Cl)C(c2ccccc2)C1. The zero-order valence-corrected chi connectivity index (χ0v) is 19.4. The summed E-state index contributed by atoms with van der Waals surface area (Å²) in [5.41, 5.74) is -0.671. The number of sulfonamides is 1. The van der Waals surface area contributed by atoms with Crippen LogP contribution in [0.5, 0.6) is 0 Å². The molecule has 3 aromatic rings. The molecular weight excluding hydrogens is 493 g/mol. The number of halogens is 4. The lowest BCUT2D eigenvalue weighted by Gasteiger charge is -2.21. The van der Waals surface area contributed by atoms with E-state index >= 15 is 0 Å². The van der Waals surface area contributed by atoms with E-state index in [1.54, 1.807) is 30.3 Å². The Morgan fingerprint density at radius 3 is 2.41 bits per heavy atom. The summed E-state index contributed by atoms with van der Waals surface area (Å²) in [6, 6.07) is 12.8. The second-order valence-electron chi connectivity index (χ2n) is 7.88. The average Bonchev–Trinajstić information content (AvgIpc) is 3.40. The zero-order chi connectivity index (χ0) is 24.7. The first-order valence-electron chi connectivity index (χ1n) is 10.2. The molecule has 2 unspecified atom stereocenters. The Bertz CT molecular complexity index is 1310. The molecule has 4 rings (SSSR count). The van der Waals surface area contributed by atoms with Crippen molar-refractivity contribution < 1.29 is 26.4 Å². The van der Waals surface area contributed by atoms with Crippen molar-refractivity contribution >= 4 is 27.5 Å². The van der Waals surface area contributed by atoms with Gasteiger partial charge in [-0.1, -0.05) is 48.0 Å². The summed E-state index contributed by atoms with van der Waals surface area (Å²) in [6.07, 6.45) is -3.35. The number of benzene rings is 2. The molecule has 1 aliphatic heterocycles. The topological polar surface area (TPSA) is 84.3 Å². The van der Waals surface area contributed by atoms with E-state index < -0.39 is 44.7 Å². The van der Waals surface area contributed by atoms with Crippen LogP contribution in [-0.2, 0) is 23.2 Å². The monoisotopic (exact) mass is 512 g/mol. The molecule has 0 radical (unpaired) electrons. The van der Waals surface area contributed by atoms with Gasteiger partial charge >= 0.3 is 6.18 Å². The minimum Gasteiger partial charge on any atom is -0.347 e. The number of alkyl halides is 3. The van der Waals surface area contributed by atoms with Crippen LogP contribution < -0.4 is 5.32 Å². The van der Waals surface area contributed by atoms with Crippen LogP contribution in [0.15, 0.2) is 65.8 Å². The summed E-state index contributed by atoms with van der Waals surface area (Å²) in [5.74, 6) is -1.25. The van der Waals surface area contributed by atoms with Crippen LogP contribution in [0.3, 0.4) is 0 Å². The Balaban J connectivity index is 1.66. The van der Waals surface area contributed by atoms with E-state index in [9.17, 15) is 26.4 Å². The van der Waals surface area contributed by atoms with E-state index in [2.05, 4.69) is 10.4 Å². The van der Waals surface area contributed by atoms with Crippen molar-refractivity contribution in [2.75, 3.05) is 13.1 Å². The van der Waals surface area contributed by atoms with Crippen LogP contribution in [-0.4, -0.2) is 47.5 Å². The second kappa shape index (κ2) is 9.05. The average molecular weight is 513 g/mol. The van der Waals surface area contributed by atoms with Gasteiger partial charge in [-0.2, -0.15) is 22.6 Å². The Labute approximate surface area is 199 Å². The smallest absolute Gasteiger partial charge is 0.347 e. The van der Waals surface area contributed by atoms with Crippen molar-refractivity contribution in [1.29, 1.82) is 0 Å². The highest BCUT2D eigenvalue weighted by molar-refractivity contribution is 7.89. The van der Waals surface area contributed by atoms with Gasteiger partial charge in [0.05, 0.1) is 28.4 Å². The molecule has 2 atom stereocenters. The third-order valence-electron chi connectivity index (χ3n) is 5.76. The number of carbonyl (C=O) groups is 1. The molecule has 1 saturated heterocycles. The van der Waals surface area contributed by atoms with Crippen molar-refractivity contribution in [3.05, 3.63) is 82.5 Å². The van der Waals surface area contributed by atoms with Gasteiger partial charge < -0.3 is 5.32 Å². The van der Waals surface area contributed by atoms with Gasteiger partial charge in [-0.25, -0.2) is 8.42 Å². The normalized spacial score (nSPS) is 19.3. The van der Waals surface area contributed by atoms with Gasteiger partial charge in [0.2, 0.25) is 0 Å². The van der Waals surface area contributed by atoms with Crippen LogP contribution in [0, 0.1) is 0 Å². The molecule has 0 saturated carbocycles. The molecule has 180 valence electrons. The number of aryl methyl sites for hydroxylation is 1. The van der Waals surface area contributed by atoms with Crippen molar-refractivity contribution in [3.8, 4) is 0 Å². The molecule has 0 bridgehead atoms. The Morgan fingerprint density at radius 1 is 1.09 bits per heavy atom. The van der Waals surface area contributed by atoms with E-state index in [1.807, 2.05) is 0 Å². The summed E-state index contributed by atoms with van der Waals surface area (Å²) >= 11 is 5.92. The molecule has 2 aromatic carbocycles. The molecule has 1 aliphatic rings. The van der Waals surface area contributed by atoms with Gasteiger partial charge in [0, 0.05) is 26.1 Å². The fourth-order valence-corrected chi connectivity index (χ4v) is 5.98. The molecule has 12 heteroatoms. The van der Waals surface area contributed by atoms with Gasteiger partial charge in [0.1, 0.15) is 0 Å². The number of hydrogen-bond donors (Lipinski definition) is 1. The maximum absolute atomic E-state index is 13.2. The number of nitrogens with one attached hydrogen (secondary N) is 1. The van der Waals surface area contributed by atoms with E-state index in [4.69, 9.17) is 11.6 Å². The number of rotatable bonds is 5. The Hall–Kier alpha value is -2.89. The third-order valence-corrected chi connectivity index (χ3v) is 8.07. The van der Waals surface area contributed by atoms with E-state index in [1.165, 1.54) is 34.4 Å². The van der Waals surface area contributed by atoms with Crippen molar-refractivity contribution in [1.82, 2.24) is 19.4 Å². The number of nitrogens with zero attached hydrogens (tertiary/aromatic N) is 3. The summed E-state index contributed by atoms with van der Waals surface area (Å²) < 4.78 is 68.6. The molecule has 1 amide bonds. The first kappa shape index (κ1) is 24.2. The van der Waals surface area contributed by atoms with Crippen LogP contribution in [0.2, 0.25) is 5.02 Å². The highest BCUT2D eigenvalue weighted by atomic mass is 35.5. The molecule has 1 aromatic heterocycles. The second-order valence-corrected chi connectivity index (χ2v) is 10.1. The van der Waals surface area contributed by atoms with Crippen LogP contribution in [0.1, 0.15) is 27.4 Å². The van der Waals surface area contributed by atoms with Crippen molar-refractivity contribution in [3.63, 3.8) is 0 Å². The quantitative estimate of drug-likeness (QED) is 0.565. The van der Waals surface area contributed by atoms with Crippen LogP contribution in [0.25, 0.3) is 0 Å². The predicted octanol–water partition coefficient (Wildman–Crippen LogP) is 3.68. The molecular formula is C22H20ClF3N4O3S. The summed E-state index contributed by atoms with van der Waals surface area (Å²) in [4.78, 5) is 13.0. The largest absolute Gasteiger partial charge is 0.417 e. The number of carbonyl (C=O) groups excluding carboxylic acids is 1. The Kier molecular flexibility index (Phi) is 6.45. The fourth-order valence-electron chi connectivity index (χ4n) is 4.07. The lowest BCUT2D eigenvalue weighted by Crippen LogP contribution is -2.40. The van der Waals surface area contributed by atoms with Gasteiger partial charge in [-0.05, 0) is 23.8 Å². The molecule has 34 heavy (non-hydrogen) atoms. The molecule has 1 fully saturated rings. The van der Waals surface area contributed by atoms with Gasteiger partial charge in [-0.15, -0.1) is 0 Å². The van der Waals surface area contributed by atoms with Gasteiger partial charge in [0.25, 0.3) is 15.9 Å². The maximum atomic E-state index is 13.2. The minimum atomic E-state index is -4.72. The maximum Gasteiger partial charge on any atom is 0.417 e.